The van der Waals surface area contributed by atoms with Gasteiger partial charge in [0, 0.05) is 16.5 Å². The highest BCUT2D eigenvalue weighted by molar-refractivity contribution is 6.30. The minimum Gasteiger partial charge on any atom is -0.306 e. The standard InChI is InChI=1S/C17H26ClN.ClH/c1-4-5-7-16(19(2)3)17(12-6-13-17)14-8-10-15(18)11-9-14;/h8-11,16H,4-7,12-13H2,1-3H3;1H. The van der Waals surface area contributed by atoms with Gasteiger partial charge in [0.2, 0.25) is 0 Å². The summed E-state index contributed by atoms with van der Waals surface area (Å²) in [5, 5.41) is 0.841. The van der Waals surface area contributed by atoms with Gasteiger partial charge >= 0.3 is 0 Å². The molecule has 1 aromatic carbocycles. The van der Waals surface area contributed by atoms with Crippen molar-refractivity contribution < 1.29 is 0 Å². The summed E-state index contributed by atoms with van der Waals surface area (Å²) in [6, 6.07) is 9.23. The van der Waals surface area contributed by atoms with Crippen LogP contribution >= 0.6 is 24.0 Å². The van der Waals surface area contributed by atoms with Gasteiger partial charge in [-0.05, 0) is 51.1 Å². The second kappa shape index (κ2) is 7.68. The highest BCUT2D eigenvalue weighted by Crippen LogP contribution is 2.49. The fraction of sp³-hybridized carbons (Fsp3) is 0.647. The Morgan fingerprint density at radius 1 is 1.20 bits per heavy atom. The molecule has 1 aromatic rings. The number of unbranched alkanes of at least 4 members (excludes halogenated alkanes) is 1. The van der Waals surface area contributed by atoms with Gasteiger partial charge in [-0.3, -0.25) is 0 Å². The minimum absolute atomic E-state index is 0. The number of hydrogen-bond donors (Lipinski definition) is 0. The average molecular weight is 316 g/mol. The number of nitrogens with zero attached hydrogens (tertiary/aromatic N) is 1. The van der Waals surface area contributed by atoms with Crippen LogP contribution in [0.2, 0.25) is 5.02 Å². The molecule has 1 saturated carbocycles. The monoisotopic (exact) mass is 315 g/mol. The van der Waals surface area contributed by atoms with Crippen LogP contribution in [0.25, 0.3) is 0 Å². The van der Waals surface area contributed by atoms with E-state index >= 15 is 0 Å². The molecule has 0 N–H and O–H groups in total. The highest BCUT2D eigenvalue weighted by atomic mass is 35.5. The zero-order valence-corrected chi connectivity index (χ0v) is 14.4. The van der Waals surface area contributed by atoms with Crippen LogP contribution < -0.4 is 0 Å². The maximum absolute atomic E-state index is 6.04. The number of benzene rings is 1. The third-order valence-electron chi connectivity index (χ3n) is 4.76. The van der Waals surface area contributed by atoms with Crippen molar-refractivity contribution in [2.75, 3.05) is 14.1 Å². The Kier molecular flexibility index (Phi) is 6.84. The predicted octanol–water partition coefficient (Wildman–Crippen LogP) is 5.30. The SMILES string of the molecule is CCCCC(N(C)C)C1(c2ccc(Cl)cc2)CCC1.Cl. The van der Waals surface area contributed by atoms with Gasteiger partial charge in [0.25, 0.3) is 0 Å². The number of hydrogen-bond acceptors (Lipinski definition) is 1. The molecule has 2 rings (SSSR count). The van der Waals surface area contributed by atoms with Crippen LogP contribution in [-0.4, -0.2) is 25.0 Å². The largest absolute Gasteiger partial charge is 0.306 e. The molecule has 0 aliphatic heterocycles. The number of halogens is 2. The van der Waals surface area contributed by atoms with E-state index in [0.29, 0.717) is 11.5 Å². The molecule has 0 radical (unpaired) electrons. The first kappa shape index (κ1) is 17.8. The Hall–Kier alpha value is -0.240. The maximum Gasteiger partial charge on any atom is 0.0406 e. The van der Waals surface area contributed by atoms with Crippen molar-refractivity contribution in [1.82, 2.24) is 4.90 Å². The molecule has 1 aliphatic carbocycles. The lowest BCUT2D eigenvalue weighted by molar-refractivity contribution is 0.0884. The van der Waals surface area contributed by atoms with Crippen LogP contribution in [0.1, 0.15) is 51.0 Å². The summed E-state index contributed by atoms with van der Waals surface area (Å²) < 4.78 is 0. The molecule has 1 atom stereocenters. The predicted molar refractivity (Wildman–Crippen MR) is 91.2 cm³/mol. The van der Waals surface area contributed by atoms with Gasteiger partial charge in [0.1, 0.15) is 0 Å². The van der Waals surface area contributed by atoms with E-state index in [1.807, 2.05) is 12.1 Å². The van der Waals surface area contributed by atoms with Crippen LogP contribution in [0.15, 0.2) is 24.3 Å². The van der Waals surface area contributed by atoms with Crippen molar-refractivity contribution in [3.8, 4) is 0 Å². The Labute approximate surface area is 135 Å². The molecule has 0 spiro atoms. The van der Waals surface area contributed by atoms with Gasteiger partial charge in [0.05, 0.1) is 0 Å². The molecule has 1 fully saturated rings. The maximum atomic E-state index is 6.04. The zero-order chi connectivity index (χ0) is 13.9. The van der Waals surface area contributed by atoms with Crippen molar-refractivity contribution in [3.05, 3.63) is 34.9 Å². The molecule has 3 heteroatoms. The molecule has 0 bridgehead atoms. The van der Waals surface area contributed by atoms with E-state index in [0.717, 1.165) is 5.02 Å². The van der Waals surface area contributed by atoms with E-state index in [9.17, 15) is 0 Å². The normalized spacial score (nSPS) is 18.2. The van der Waals surface area contributed by atoms with Crippen molar-refractivity contribution in [3.63, 3.8) is 0 Å². The van der Waals surface area contributed by atoms with E-state index < -0.39 is 0 Å². The van der Waals surface area contributed by atoms with Gasteiger partial charge in [-0.25, -0.2) is 0 Å². The molecule has 1 aliphatic rings. The smallest absolute Gasteiger partial charge is 0.0406 e. The third-order valence-corrected chi connectivity index (χ3v) is 5.01. The van der Waals surface area contributed by atoms with Gasteiger partial charge in [-0.1, -0.05) is 49.9 Å². The summed E-state index contributed by atoms with van der Waals surface area (Å²) in [6.07, 6.45) is 7.90. The van der Waals surface area contributed by atoms with Crippen molar-refractivity contribution in [2.45, 2.75) is 56.9 Å². The number of rotatable bonds is 6. The summed E-state index contributed by atoms with van der Waals surface area (Å²) in [7, 11) is 4.46. The van der Waals surface area contributed by atoms with Gasteiger partial charge in [-0.2, -0.15) is 0 Å². The van der Waals surface area contributed by atoms with E-state index in [1.54, 1.807) is 0 Å². The van der Waals surface area contributed by atoms with Gasteiger partial charge in [0.15, 0.2) is 0 Å². The van der Waals surface area contributed by atoms with E-state index in [4.69, 9.17) is 11.6 Å². The summed E-state index contributed by atoms with van der Waals surface area (Å²) in [5.74, 6) is 0. The van der Waals surface area contributed by atoms with E-state index in [1.165, 1.54) is 44.1 Å². The Morgan fingerprint density at radius 2 is 1.80 bits per heavy atom. The lowest BCUT2D eigenvalue weighted by Crippen LogP contribution is -2.52. The Morgan fingerprint density at radius 3 is 2.20 bits per heavy atom. The topological polar surface area (TPSA) is 3.24 Å². The lowest BCUT2D eigenvalue weighted by atomic mass is 9.59. The fourth-order valence-corrected chi connectivity index (χ4v) is 3.71. The lowest BCUT2D eigenvalue weighted by Gasteiger charge is -2.51. The fourth-order valence-electron chi connectivity index (χ4n) is 3.58. The third kappa shape index (κ3) is 3.50. The molecule has 20 heavy (non-hydrogen) atoms. The summed E-state index contributed by atoms with van der Waals surface area (Å²) in [5.41, 5.74) is 1.85. The van der Waals surface area contributed by atoms with E-state index in [2.05, 4.69) is 38.1 Å². The number of likely N-dealkylation sites (N-methyl/N-ethyl adjacent to an activating group) is 1. The Balaban J connectivity index is 0.00000200. The molecule has 0 amide bonds. The van der Waals surface area contributed by atoms with Crippen molar-refractivity contribution in [2.24, 2.45) is 0 Å². The first-order chi connectivity index (χ1) is 9.10. The van der Waals surface area contributed by atoms with Gasteiger partial charge in [-0.15, -0.1) is 12.4 Å². The first-order valence-electron chi connectivity index (χ1n) is 7.52. The molecule has 1 nitrogen and oxygen atoms in total. The first-order valence-corrected chi connectivity index (χ1v) is 7.90. The van der Waals surface area contributed by atoms with Crippen LogP contribution in [0, 0.1) is 0 Å². The van der Waals surface area contributed by atoms with Crippen molar-refractivity contribution in [1.29, 1.82) is 0 Å². The summed E-state index contributed by atoms with van der Waals surface area (Å²) in [6.45, 7) is 2.28. The van der Waals surface area contributed by atoms with Crippen LogP contribution in [0.4, 0.5) is 0 Å². The molecular weight excluding hydrogens is 289 g/mol. The second-order valence-electron chi connectivity index (χ2n) is 6.14. The molecule has 114 valence electrons. The molecule has 0 aromatic heterocycles. The minimum atomic E-state index is 0. The molecular formula is C17H27Cl2N. The molecule has 0 saturated heterocycles. The zero-order valence-electron chi connectivity index (χ0n) is 12.9. The van der Waals surface area contributed by atoms with Gasteiger partial charge < -0.3 is 4.90 Å². The summed E-state index contributed by atoms with van der Waals surface area (Å²) in [4.78, 5) is 2.43. The highest BCUT2D eigenvalue weighted by Gasteiger charge is 2.45. The van der Waals surface area contributed by atoms with Crippen LogP contribution in [0.5, 0.6) is 0 Å². The van der Waals surface area contributed by atoms with Crippen molar-refractivity contribution >= 4 is 24.0 Å². The summed E-state index contributed by atoms with van der Waals surface area (Å²) >= 11 is 6.04. The molecule has 0 heterocycles. The quantitative estimate of drug-likeness (QED) is 0.688. The molecule has 1 unspecified atom stereocenters. The Bertz CT molecular complexity index is 396. The average Bonchev–Trinajstić information content (AvgIpc) is 2.33. The van der Waals surface area contributed by atoms with Crippen LogP contribution in [0.3, 0.4) is 0 Å². The second-order valence-corrected chi connectivity index (χ2v) is 6.57. The van der Waals surface area contributed by atoms with E-state index in [-0.39, 0.29) is 12.4 Å². The van der Waals surface area contributed by atoms with Crippen LogP contribution in [-0.2, 0) is 5.41 Å².